The van der Waals surface area contributed by atoms with Crippen LogP contribution in [0, 0.1) is 0 Å². The number of hydrogen-bond acceptors (Lipinski definition) is 4. The number of nitrogens with one attached hydrogen (secondary N) is 1. The molecule has 106 valence electrons. The largest absolute Gasteiger partial charge is 0.384 e. The number of amides is 1. The first-order chi connectivity index (χ1) is 9.08. The number of rotatable bonds is 7. The maximum absolute atomic E-state index is 11.9. The molecule has 0 radical (unpaired) electrons. The van der Waals surface area contributed by atoms with E-state index in [1.54, 1.807) is 20.1 Å². The first kappa shape index (κ1) is 15.8. The van der Waals surface area contributed by atoms with Crippen LogP contribution in [0.5, 0.6) is 0 Å². The predicted molar refractivity (Wildman–Crippen MR) is 77.3 cm³/mol. The molecule has 5 nitrogen and oxygen atoms in total. The van der Waals surface area contributed by atoms with E-state index in [2.05, 4.69) is 5.32 Å². The number of anilines is 1. The van der Waals surface area contributed by atoms with Gasteiger partial charge in [0.15, 0.2) is 0 Å². The van der Waals surface area contributed by atoms with Gasteiger partial charge in [-0.1, -0.05) is 12.1 Å². The van der Waals surface area contributed by atoms with Crippen molar-refractivity contribution in [1.29, 1.82) is 0 Å². The van der Waals surface area contributed by atoms with E-state index in [1.807, 2.05) is 18.2 Å². The molecule has 0 aliphatic rings. The molecule has 3 N–H and O–H groups in total. The van der Waals surface area contributed by atoms with Gasteiger partial charge in [-0.3, -0.25) is 9.00 Å². The van der Waals surface area contributed by atoms with Crippen molar-refractivity contribution < 1.29 is 13.7 Å². The second-order valence-corrected chi connectivity index (χ2v) is 5.99. The second-order valence-electron chi connectivity index (χ2n) is 4.11. The molecule has 0 spiro atoms. The third kappa shape index (κ3) is 5.10. The van der Waals surface area contributed by atoms with Gasteiger partial charge in [0.1, 0.15) is 5.25 Å². The number of carbonyl (C=O) groups excluding carboxylic acids is 1. The highest BCUT2D eigenvalue weighted by Gasteiger charge is 2.19. The van der Waals surface area contributed by atoms with E-state index in [0.29, 0.717) is 24.6 Å². The first-order valence-corrected chi connectivity index (χ1v) is 7.42. The lowest BCUT2D eigenvalue weighted by atomic mass is 10.2. The molecule has 0 saturated carbocycles. The number of hydrogen-bond donors (Lipinski definition) is 2. The van der Waals surface area contributed by atoms with Crippen molar-refractivity contribution in [3.05, 3.63) is 29.8 Å². The summed E-state index contributed by atoms with van der Waals surface area (Å²) >= 11 is 0. The van der Waals surface area contributed by atoms with Crippen LogP contribution in [0.2, 0.25) is 0 Å². The van der Waals surface area contributed by atoms with Crippen LogP contribution in [0.3, 0.4) is 0 Å². The predicted octanol–water partition coefficient (Wildman–Crippen LogP) is 0.867. The molecule has 2 unspecified atom stereocenters. The van der Waals surface area contributed by atoms with Crippen LogP contribution in [-0.4, -0.2) is 34.8 Å². The molecule has 0 fully saturated rings. The van der Waals surface area contributed by atoms with Crippen LogP contribution in [0.25, 0.3) is 0 Å². The Morgan fingerprint density at radius 3 is 2.89 bits per heavy atom. The zero-order valence-electron chi connectivity index (χ0n) is 11.2. The Hall–Kier alpha value is -1.24. The summed E-state index contributed by atoms with van der Waals surface area (Å²) in [6.45, 7) is 2.44. The average molecular weight is 284 g/mol. The summed E-state index contributed by atoms with van der Waals surface area (Å²) < 4.78 is 16.7. The van der Waals surface area contributed by atoms with Gasteiger partial charge in [-0.15, -0.1) is 0 Å². The molecule has 1 amide bonds. The highest BCUT2D eigenvalue weighted by atomic mass is 32.2. The third-order valence-corrected chi connectivity index (χ3v) is 4.25. The van der Waals surface area contributed by atoms with Crippen molar-refractivity contribution in [1.82, 2.24) is 0 Å². The summed E-state index contributed by atoms with van der Waals surface area (Å²) in [6.07, 6.45) is 0. The van der Waals surface area contributed by atoms with Gasteiger partial charge >= 0.3 is 0 Å². The van der Waals surface area contributed by atoms with E-state index >= 15 is 0 Å². The minimum Gasteiger partial charge on any atom is -0.384 e. The zero-order valence-corrected chi connectivity index (χ0v) is 12.0. The number of ether oxygens (including phenoxy) is 1. The molecule has 6 heteroatoms. The van der Waals surface area contributed by atoms with E-state index in [0.717, 1.165) is 5.56 Å². The van der Waals surface area contributed by atoms with Crippen LogP contribution in [0.4, 0.5) is 5.69 Å². The van der Waals surface area contributed by atoms with Gasteiger partial charge in [0.2, 0.25) is 5.91 Å². The molecule has 19 heavy (non-hydrogen) atoms. The highest BCUT2D eigenvalue weighted by Crippen LogP contribution is 2.11. The Labute approximate surface area is 116 Å². The van der Waals surface area contributed by atoms with E-state index in [9.17, 15) is 9.00 Å². The van der Waals surface area contributed by atoms with Crippen LogP contribution in [0.15, 0.2) is 24.3 Å². The first-order valence-electron chi connectivity index (χ1n) is 6.04. The van der Waals surface area contributed by atoms with E-state index in [1.165, 1.54) is 0 Å². The van der Waals surface area contributed by atoms with Crippen molar-refractivity contribution in [2.45, 2.75) is 18.7 Å². The van der Waals surface area contributed by atoms with Crippen molar-refractivity contribution in [3.63, 3.8) is 0 Å². The van der Waals surface area contributed by atoms with Gasteiger partial charge in [0, 0.05) is 35.9 Å². The Balaban J connectivity index is 2.60. The fraction of sp³-hybridized carbons (Fsp3) is 0.462. The SMILES string of the molecule is COCCS(=O)C(C)C(=O)Nc1cccc(CN)c1. The Bertz CT molecular complexity index is 451. The maximum Gasteiger partial charge on any atom is 0.239 e. The van der Waals surface area contributed by atoms with Gasteiger partial charge in [0.05, 0.1) is 6.61 Å². The molecule has 2 atom stereocenters. The molecule has 0 saturated heterocycles. The lowest BCUT2D eigenvalue weighted by Crippen LogP contribution is -2.31. The number of methoxy groups -OCH3 is 1. The van der Waals surface area contributed by atoms with Crippen LogP contribution < -0.4 is 11.1 Å². The standard InChI is InChI=1S/C13H20N2O3S/c1-10(19(17)7-6-18-2)13(16)15-12-5-3-4-11(8-12)9-14/h3-5,8,10H,6-7,9,14H2,1-2H3,(H,15,16). The van der Waals surface area contributed by atoms with E-state index in [-0.39, 0.29) is 5.91 Å². The summed E-state index contributed by atoms with van der Waals surface area (Å²) in [5.74, 6) is 0.0945. The third-order valence-electron chi connectivity index (χ3n) is 2.68. The average Bonchev–Trinajstić information content (AvgIpc) is 2.43. The summed E-state index contributed by atoms with van der Waals surface area (Å²) in [4.78, 5) is 11.9. The number of nitrogens with two attached hydrogens (primary N) is 1. The van der Waals surface area contributed by atoms with Gasteiger partial charge < -0.3 is 15.8 Å². The summed E-state index contributed by atoms with van der Waals surface area (Å²) in [5, 5.41) is 2.17. The molecule has 0 aliphatic heterocycles. The maximum atomic E-state index is 11.9. The summed E-state index contributed by atoms with van der Waals surface area (Å²) in [5.41, 5.74) is 7.14. The molecule has 1 rings (SSSR count). The Kier molecular flexibility index (Phi) is 6.69. The fourth-order valence-electron chi connectivity index (χ4n) is 1.48. The van der Waals surface area contributed by atoms with Gasteiger partial charge in [-0.05, 0) is 24.6 Å². The highest BCUT2D eigenvalue weighted by molar-refractivity contribution is 7.86. The molecular weight excluding hydrogens is 264 g/mol. The molecule has 0 bridgehead atoms. The van der Waals surface area contributed by atoms with Gasteiger partial charge in [-0.2, -0.15) is 0 Å². The fourth-order valence-corrected chi connectivity index (χ4v) is 2.46. The normalized spacial score (nSPS) is 13.8. The van der Waals surface area contributed by atoms with E-state index < -0.39 is 16.0 Å². The molecule has 0 aromatic heterocycles. The smallest absolute Gasteiger partial charge is 0.239 e. The molecule has 1 aromatic rings. The minimum absolute atomic E-state index is 0.261. The molecule has 0 heterocycles. The Morgan fingerprint density at radius 2 is 2.26 bits per heavy atom. The van der Waals surface area contributed by atoms with Crippen LogP contribution in [0.1, 0.15) is 12.5 Å². The zero-order chi connectivity index (χ0) is 14.3. The van der Waals surface area contributed by atoms with Crippen molar-refractivity contribution in [2.24, 2.45) is 5.73 Å². The van der Waals surface area contributed by atoms with Crippen molar-refractivity contribution in [2.75, 3.05) is 24.8 Å². The quantitative estimate of drug-likeness (QED) is 0.778. The monoisotopic (exact) mass is 284 g/mol. The topological polar surface area (TPSA) is 81.4 Å². The van der Waals surface area contributed by atoms with Crippen molar-refractivity contribution in [3.8, 4) is 0 Å². The van der Waals surface area contributed by atoms with E-state index in [4.69, 9.17) is 10.5 Å². The molecule has 1 aromatic carbocycles. The lowest BCUT2D eigenvalue weighted by Gasteiger charge is -2.12. The second kappa shape index (κ2) is 8.04. The van der Waals surface area contributed by atoms with Gasteiger partial charge in [0.25, 0.3) is 0 Å². The molecule has 0 aliphatic carbocycles. The van der Waals surface area contributed by atoms with Crippen molar-refractivity contribution >= 4 is 22.4 Å². The summed E-state index contributed by atoms with van der Waals surface area (Å²) in [6, 6.07) is 7.30. The molecular formula is C13H20N2O3S. The Morgan fingerprint density at radius 1 is 1.53 bits per heavy atom. The lowest BCUT2D eigenvalue weighted by molar-refractivity contribution is -0.115. The number of benzene rings is 1. The van der Waals surface area contributed by atoms with Gasteiger partial charge in [-0.25, -0.2) is 0 Å². The van der Waals surface area contributed by atoms with Crippen LogP contribution in [-0.2, 0) is 26.9 Å². The minimum atomic E-state index is -1.24. The number of carbonyl (C=O) groups is 1. The van der Waals surface area contributed by atoms with Crippen LogP contribution >= 0.6 is 0 Å². The summed E-state index contributed by atoms with van der Waals surface area (Å²) in [7, 11) is 0.305.